The Morgan fingerprint density at radius 2 is 2.31 bits per heavy atom. The van der Waals surface area contributed by atoms with Crippen LogP contribution in [-0.2, 0) is 16.6 Å². The monoisotopic (exact) mass is 234 g/mol. The fourth-order valence-electron chi connectivity index (χ4n) is 1.70. The summed E-state index contributed by atoms with van der Waals surface area (Å²) in [6, 6.07) is 9.45. The summed E-state index contributed by atoms with van der Waals surface area (Å²) in [4.78, 5) is 0. The van der Waals surface area contributed by atoms with Crippen LogP contribution in [0.5, 0.6) is 0 Å². The molecule has 2 rings (SSSR count). The second kappa shape index (κ2) is 5.24. The third kappa shape index (κ3) is 2.91. The Kier molecular flexibility index (Phi) is 3.70. The summed E-state index contributed by atoms with van der Waals surface area (Å²) < 4.78 is 11.8. The average Bonchev–Trinajstić information content (AvgIpc) is 2.24. The van der Waals surface area contributed by atoms with E-state index in [-0.39, 0.29) is 0 Å². The highest BCUT2D eigenvalue weighted by Gasteiger charge is 2.19. The lowest BCUT2D eigenvalue weighted by Crippen LogP contribution is -2.44. The number of hydrogen-bond donors (Lipinski definition) is 1. The molecule has 1 atom stereocenters. The van der Waals surface area contributed by atoms with Crippen molar-refractivity contribution in [3.8, 4) is 6.07 Å². The van der Waals surface area contributed by atoms with Gasteiger partial charge in [-0.15, -0.1) is 0 Å². The van der Waals surface area contributed by atoms with E-state index >= 15 is 0 Å². The lowest BCUT2D eigenvalue weighted by molar-refractivity contribution is 0.382. The molecule has 1 N–H and O–H groups in total. The van der Waals surface area contributed by atoms with Crippen LogP contribution < -0.4 is 5.32 Å². The molecule has 3 nitrogen and oxygen atoms in total. The van der Waals surface area contributed by atoms with Gasteiger partial charge in [0.15, 0.2) is 0 Å². The molecule has 4 heteroatoms. The van der Waals surface area contributed by atoms with Crippen LogP contribution in [0.2, 0.25) is 0 Å². The minimum atomic E-state index is -0.809. The third-order valence-corrected chi connectivity index (χ3v) is 4.17. The molecule has 16 heavy (non-hydrogen) atoms. The van der Waals surface area contributed by atoms with Crippen LogP contribution in [0.15, 0.2) is 24.3 Å². The topological polar surface area (TPSA) is 52.9 Å². The molecule has 0 saturated carbocycles. The SMILES string of the molecule is N#Cc1cccc(CS(=O)CC2CNC2)c1. The molecule has 0 spiro atoms. The summed E-state index contributed by atoms with van der Waals surface area (Å²) >= 11 is 0. The molecule has 1 aromatic carbocycles. The van der Waals surface area contributed by atoms with Crippen LogP contribution in [-0.4, -0.2) is 23.1 Å². The maximum atomic E-state index is 11.8. The smallest absolute Gasteiger partial charge is 0.0991 e. The van der Waals surface area contributed by atoms with E-state index in [2.05, 4.69) is 11.4 Å². The normalized spacial score (nSPS) is 17.4. The largest absolute Gasteiger partial charge is 0.316 e. The molecule has 0 aliphatic carbocycles. The first kappa shape index (κ1) is 11.3. The van der Waals surface area contributed by atoms with Gasteiger partial charge in [0, 0.05) is 35.4 Å². The Morgan fingerprint density at radius 3 is 2.94 bits per heavy atom. The van der Waals surface area contributed by atoms with E-state index in [4.69, 9.17) is 5.26 Å². The quantitative estimate of drug-likeness (QED) is 0.846. The van der Waals surface area contributed by atoms with E-state index in [1.54, 1.807) is 6.07 Å². The fraction of sp³-hybridized carbons (Fsp3) is 0.417. The van der Waals surface area contributed by atoms with E-state index in [0.29, 0.717) is 17.2 Å². The fourth-order valence-corrected chi connectivity index (χ4v) is 3.14. The molecule has 0 aromatic heterocycles. The lowest BCUT2D eigenvalue weighted by Gasteiger charge is -2.26. The highest BCUT2D eigenvalue weighted by atomic mass is 32.2. The average molecular weight is 234 g/mol. The van der Waals surface area contributed by atoms with Gasteiger partial charge < -0.3 is 5.32 Å². The molecular weight excluding hydrogens is 220 g/mol. The van der Waals surface area contributed by atoms with Crippen LogP contribution in [0.4, 0.5) is 0 Å². The Balaban J connectivity index is 1.92. The van der Waals surface area contributed by atoms with E-state index in [0.717, 1.165) is 24.4 Å². The Morgan fingerprint density at radius 1 is 1.50 bits per heavy atom. The number of nitriles is 1. The van der Waals surface area contributed by atoms with Crippen molar-refractivity contribution in [1.29, 1.82) is 5.26 Å². The van der Waals surface area contributed by atoms with Gasteiger partial charge in [-0.3, -0.25) is 4.21 Å². The van der Waals surface area contributed by atoms with Crippen molar-refractivity contribution in [1.82, 2.24) is 5.32 Å². The van der Waals surface area contributed by atoms with Crippen LogP contribution in [0, 0.1) is 17.2 Å². The second-order valence-electron chi connectivity index (χ2n) is 4.09. The maximum Gasteiger partial charge on any atom is 0.0991 e. The van der Waals surface area contributed by atoms with Crippen molar-refractivity contribution < 1.29 is 4.21 Å². The van der Waals surface area contributed by atoms with Crippen LogP contribution in [0.3, 0.4) is 0 Å². The van der Waals surface area contributed by atoms with Gasteiger partial charge in [0.2, 0.25) is 0 Å². The van der Waals surface area contributed by atoms with Crippen molar-refractivity contribution in [3.05, 3.63) is 35.4 Å². The summed E-state index contributed by atoms with van der Waals surface area (Å²) in [5.41, 5.74) is 1.63. The highest BCUT2D eigenvalue weighted by molar-refractivity contribution is 7.84. The van der Waals surface area contributed by atoms with Crippen LogP contribution in [0.25, 0.3) is 0 Å². The van der Waals surface area contributed by atoms with Crippen molar-refractivity contribution in [3.63, 3.8) is 0 Å². The molecule has 1 saturated heterocycles. The first-order chi connectivity index (χ1) is 7.78. The van der Waals surface area contributed by atoms with Gasteiger partial charge in [-0.1, -0.05) is 12.1 Å². The second-order valence-corrected chi connectivity index (χ2v) is 5.59. The Hall–Kier alpha value is -1.18. The molecular formula is C12H14N2OS. The summed E-state index contributed by atoms with van der Waals surface area (Å²) in [5.74, 6) is 1.90. The molecule has 1 heterocycles. The minimum Gasteiger partial charge on any atom is -0.316 e. The number of nitrogens with one attached hydrogen (secondary N) is 1. The molecule has 1 aliphatic heterocycles. The zero-order valence-corrected chi connectivity index (χ0v) is 9.80. The number of hydrogen-bond acceptors (Lipinski definition) is 3. The van der Waals surface area contributed by atoms with Gasteiger partial charge in [-0.25, -0.2) is 0 Å². The molecule has 1 aliphatic rings. The predicted molar refractivity (Wildman–Crippen MR) is 64.2 cm³/mol. The van der Waals surface area contributed by atoms with E-state index < -0.39 is 10.8 Å². The Labute approximate surface area is 97.9 Å². The van der Waals surface area contributed by atoms with E-state index in [1.165, 1.54) is 0 Å². The van der Waals surface area contributed by atoms with E-state index in [9.17, 15) is 4.21 Å². The molecule has 0 amide bonds. The van der Waals surface area contributed by atoms with Gasteiger partial charge in [0.05, 0.1) is 11.6 Å². The number of benzene rings is 1. The summed E-state index contributed by atoms with van der Waals surface area (Å²) in [6.07, 6.45) is 0. The standard InChI is InChI=1S/C12H14N2OS/c13-5-10-2-1-3-11(4-10)8-16(15)9-12-6-14-7-12/h1-4,12,14H,6-9H2. The first-order valence-corrected chi connectivity index (χ1v) is 6.81. The number of rotatable bonds is 4. The van der Waals surface area contributed by atoms with Gasteiger partial charge in [0.25, 0.3) is 0 Å². The first-order valence-electron chi connectivity index (χ1n) is 5.32. The van der Waals surface area contributed by atoms with Crippen molar-refractivity contribution >= 4 is 10.8 Å². The van der Waals surface area contributed by atoms with Crippen LogP contribution >= 0.6 is 0 Å². The predicted octanol–water partition coefficient (Wildman–Crippen LogP) is 1.03. The summed E-state index contributed by atoms with van der Waals surface area (Å²) in [7, 11) is -0.809. The zero-order valence-electron chi connectivity index (χ0n) is 8.98. The molecule has 0 radical (unpaired) electrons. The van der Waals surface area contributed by atoms with Gasteiger partial charge in [-0.05, 0) is 23.6 Å². The molecule has 1 fully saturated rings. The Bertz CT molecular complexity index is 435. The van der Waals surface area contributed by atoms with Gasteiger partial charge >= 0.3 is 0 Å². The third-order valence-electron chi connectivity index (χ3n) is 2.67. The summed E-state index contributed by atoms with van der Waals surface area (Å²) in [5, 5.41) is 11.9. The molecule has 1 unspecified atom stereocenters. The van der Waals surface area contributed by atoms with Crippen molar-refractivity contribution in [2.45, 2.75) is 5.75 Å². The highest BCUT2D eigenvalue weighted by Crippen LogP contribution is 2.11. The molecule has 84 valence electrons. The van der Waals surface area contributed by atoms with Gasteiger partial charge in [0.1, 0.15) is 0 Å². The number of nitrogens with zero attached hydrogens (tertiary/aromatic N) is 1. The molecule has 1 aromatic rings. The van der Waals surface area contributed by atoms with Crippen molar-refractivity contribution in [2.24, 2.45) is 5.92 Å². The lowest BCUT2D eigenvalue weighted by atomic mass is 10.1. The zero-order chi connectivity index (χ0) is 11.4. The summed E-state index contributed by atoms with van der Waals surface area (Å²) in [6.45, 7) is 1.98. The maximum absolute atomic E-state index is 11.8. The van der Waals surface area contributed by atoms with Gasteiger partial charge in [-0.2, -0.15) is 5.26 Å². The molecule has 0 bridgehead atoms. The van der Waals surface area contributed by atoms with Crippen molar-refractivity contribution in [2.75, 3.05) is 18.8 Å². The van der Waals surface area contributed by atoms with E-state index in [1.807, 2.05) is 18.2 Å². The minimum absolute atomic E-state index is 0.562. The van der Waals surface area contributed by atoms with Crippen LogP contribution in [0.1, 0.15) is 11.1 Å².